The van der Waals surface area contributed by atoms with Gasteiger partial charge >= 0.3 is 0 Å². The molecule has 2 rings (SSSR count). The average Bonchev–Trinajstić information content (AvgIpc) is 2.99. The molecule has 2 heterocycles. The number of hydrogen-bond acceptors (Lipinski definition) is 5. The minimum atomic E-state index is -0.425. The minimum Gasteiger partial charge on any atom is -0.462 e. The van der Waals surface area contributed by atoms with E-state index in [1.54, 1.807) is 18.5 Å². The molecule has 0 aromatic carbocycles. The van der Waals surface area contributed by atoms with Gasteiger partial charge in [0.1, 0.15) is 4.88 Å². The monoisotopic (exact) mass is 265 g/mol. The summed E-state index contributed by atoms with van der Waals surface area (Å²) in [6, 6.07) is 3.60. The van der Waals surface area contributed by atoms with Crippen molar-refractivity contribution >= 4 is 17.2 Å². The lowest BCUT2D eigenvalue weighted by molar-refractivity contribution is 0.0919. The number of nitrogens with two attached hydrogens (primary N) is 1. The van der Waals surface area contributed by atoms with Crippen LogP contribution in [0.5, 0.6) is 0 Å². The molecule has 2 aromatic rings. The van der Waals surface area contributed by atoms with E-state index < -0.39 is 5.54 Å². The number of carbonyl (C=O) groups excluding carboxylic acids is 1. The van der Waals surface area contributed by atoms with Crippen LogP contribution in [0.25, 0.3) is 10.8 Å². The zero-order valence-electron chi connectivity index (χ0n) is 10.3. The number of furan rings is 1. The van der Waals surface area contributed by atoms with Crippen LogP contribution >= 0.6 is 11.3 Å². The highest BCUT2D eigenvalue weighted by Gasteiger charge is 2.21. The van der Waals surface area contributed by atoms with E-state index in [0.717, 1.165) is 0 Å². The van der Waals surface area contributed by atoms with E-state index >= 15 is 0 Å². The quantitative estimate of drug-likeness (QED) is 0.884. The molecule has 0 atom stereocenters. The van der Waals surface area contributed by atoms with Gasteiger partial charge in [-0.15, -0.1) is 11.3 Å². The maximum atomic E-state index is 12.0. The number of amides is 1. The van der Waals surface area contributed by atoms with Crippen molar-refractivity contribution in [2.24, 2.45) is 5.73 Å². The van der Waals surface area contributed by atoms with Gasteiger partial charge in [-0.25, -0.2) is 4.98 Å². The van der Waals surface area contributed by atoms with Crippen molar-refractivity contribution in [1.82, 2.24) is 10.3 Å². The van der Waals surface area contributed by atoms with Gasteiger partial charge in [-0.05, 0) is 26.0 Å². The molecule has 0 saturated heterocycles. The largest absolute Gasteiger partial charge is 0.462 e. The van der Waals surface area contributed by atoms with Crippen LogP contribution in [0.2, 0.25) is 0 Å². The van der Waals surface area contributed by atoms with Crippen LogP contribution < -0.4 is 11.1 Å². The number of nitrogens with zero attached hydrogens (tertiary/aromatic N) is 1. The predicted molar refractivity (Wildman–Crippen MR) is 70.4 cm³/mol. The van der Waals surface area contributed by atoms with Crippen molar-refractivity contribution in [3.05, 3.63) is 29.5 Å². The van der Waals surface area contributed by atoms with Gasteiger partial charge < -0.3 is 15.5 Å². The Hall–Kier alpha value is -1.66. The van der Waals surface area contributed by atoms with Crippen molar-refractivity contribution in [3.8, 4) is 10.8 Å². The molecule has 0 bridgehead atoms. The Kier molecular flexibility index (Phi) is 3.49. The first kappa shape index (κ1) is 12.8. The van der Waals surface area contributed by atoms with Gasteiger partial charge in [0, 0.05) is 12.1 Å². The second kappa shape index (κ2) is 4.91. The molecule has 0 fully saturated rings. The fourth-order valence-electron chi connectivity index (χ4n) is 1.31. The summed E-state index contributed by atoms with van der Waals surface area (Å²) in [5.74, 6) is 0.498. The van der Waals surface area contributed by atoms with Crippen LogP contribution in [0.15, 0.2) is 29.0 Å². The highest BCUT2D eigenvalue weighted by Crippen LogP contribution is 2.25. The number of hydrogen-bond donors (Lipinski definition) is 2. The Labute approximate surface area is 109 Å². The van der Waals surface area contributed by atoms with Gasteiger partial charge in [-0.2, -0.15) is 0 Å². The maximum absolute atomic E-state index is 12.0. The summed E-state index contributed by atoms with van der Waals surface area (Å²) in [4.78, 5) is 16.7. The van der Waals surface area contributed by atoms with Crippen LogP contribution in [0.3, 0.4) is 0 Å². The number of rotatable bonds is 4. The zero-order chi connectivity index (χ0) is 13.2. The molecule has 6 heteroatoms. The van der Waals surface area contributed by atoms with Crippen LogP contribution in [-0.2, 0) is 0 Å². The summed E-state index contributed by atoms with van der Waals surface area (Å²) in [6.07, 6.45) is 3.12. The predicted octanol–water partition coefficient (Wildman–Crippen LogP) is 1.87. The number of nitrogens with one attached hydrogen (secondary N) is 1. The molecule has 2 aromatic heterocycles. The Morgan fingerprint density at radius 1 is 1.61 bits per heavy atom. The van der Waals surface area contributed by atoms with Gasteiger partial charge in [0.05, 0.1) is 12.5 Å². The summed E-state index contributed by atoms with van der Waals surface area (Å²) >= 11 is 1.29. The molecule has 1 amide bonds. The first-order valence-corrected chi connectivity index (χ1v) is 6.36. The number of aromatic nitrogens is 1. The van der Waals surface area contributed by atoms with Gasteiger partial charge in [0.2, 0.25) is 0 Å². The Morgan fingerprint density at radius 2 is 2.39 bits per heavy atom. The molecular weight excluding hydrogens is 250 g/mol. The summed E-state index contributed by atoms with van der Waals surface area (Å²) in [5.41, 5.74) is 5.15. The standard InChI is InChI=1S/C12H15N3O2S/c1-12(2,7-13)15-10(16)9-6-14-11(18-9)8-4-3-5-17-8/h3-6H,7,13H2,1-2H3,(H,15,16). The number of carbonyl (C=O) groups is 1. The number of thiazole rings is 1. The third-order valence-corrected chi connectivity index (χ3v) is 3.43. The van der Waals surface area contributed by atoms with E-state index in [-0.39, 0.29) is 5.91 Å². The molecule has 3 N–H and O–H groups in total. The maximum Gasteiger partial charge on any atom is 0.263 e. The molecule has 96 valence electrons. The van der Waals surface area contributed by atoms with Crippen molar-refractivity contribution in [2.45, 2.75) is 19.4 Å². The molecule has 18 heavy (non-hydrogen) atoms. The lowest BCUT2D eigenvalue weighted by atomic mass is 10.1. The Bertz CT molecular complexity index is 531. The Balaban J connectivity index is 2.13. The summed E-state index contributed by atoms with van der Waals surface area (Å²) in [7, 11) is 0. The van der Waals surface area contributed by atoms with E-state index in [9.17, 15) is 4.79 Å². The molecule has 5 nitrogen and oxygen atoms in total. The summed E-state index contributed by atoms with van der Waals surface area (Å²) in [6.45, 7) is 4.13. The summed E-state index contributed by atoms with van der Waals surface area (Å²) in [5, 5.41) is 3.55. The van der Waals surface area contributed by atoms with Crippen LogP contribution in [0, 0.1) is 0 Å². The fourth-order valence-corrected chi connectivity index (χ4v) is 2.09. The van der Waals surface area contributed by atoms with Gasteiger partial charge in [0.25, 0.3) is 5.91 Å². The van der Waals surface area contributed by atoms with Gasteiger partial charge in [0.15, 0.2) is 10.8 Å². The lowest BCUT2D eigenvalue weighted by Crippen LogP contribution is -2.48. The third-order valence-electron chi connectivity index (χ3n) is 2.42. The van der Waals surface area contributed by atoms with E-state index in [1.165, 1.54) is 11.3 Å². The molecule has 0 radical (unpaired) electrons. The topological polar surface area (TPSA) is 81.1 Å². The molecule has 0 unspecified atom stereocenters. The fraction of sp³-hybridized carbons (Fsp3) is 0.333. The van der Waals surface area contributed by atoms with E-state index in [1.807, 2.05) is 19.9 Å². The molecular formula is C12H15N3O2S. The third kappa shape index (κ3) is 2.77. The van der Waals surface area contributed by atoms with Gasteiger partial charge in [-0.3, -0.25) is 4.79 Å². The average molecular weight is 265 g/mol. The first-order valence-electron chi connectivity index (χ1n) is 5.54. The van der Waals surface area contributed by atoms with Crippen LogP contribution in [0.1, 0.15) is 23.5 Å². The molecule has 0 aliphatic rings. The second-order valence-electron chi connectivity index (χ2n) is 4.55. The van der Waals surface area contributed by atoms with Crippen molar-refractivity contribution in [3.63, 3.8) is 0 Å². The minimum absolute atomic E-state index is 0.166. The van der Waals surface area contributed by atoms with E-state index in [4.69, 9.17) is 10.2 Å². The molecule has 0 aliphatic heterocycles. The van der Waals surface area contributed by atoms with Crippen molar-refractivity contribution in [2.75, 3.05) is 6.54 Å². The van der Waals surface area contributed by atoms with E-state index in [2.05, 4.69) is 10.3 Å². The highest BCUT2D eigenvalue weighted by molar-refractivity contribution is 7.16. The lowest BCUT2D eigenvalue weighted by Gasteiger charge is -2.23. The van der Waals surface area contributed by atoms with Crippen LogP contribution in [0.4, 0.5) is 0 Å². The van der Waals surface area contributed by atoms with Crippen molar-refractivity contribution in [1.29, 1.82) is 0 Å². The van der Waals surface area contributed by atoms with Crippen LogP contribution in [-0.4, -0.2) is 23.0 Å². The molecule has 0 spiro atoms. The first-order chi connectivity index (χ1) is 8.52. The molecule has 0 saturated carbocycles. The summed E-state index contributed by atoms with van der Waals surface area (Å²) < 4.78 is 5.23. The Morgan fingerprint density at radius 3 is 3.00 bits per heavy atom. The smallest absolute Gasteiger partial charge is 0.263 e. The highest BCUT2D eigenvalue weighted by atomic mass is 32.1. The second-order valence-corrected chi connectivity index (χ2v) is 5.58. The van der Waals surface area contributed by atoms with Gasteiger partial charge in [-0.1, -0.05) is 0 Å². The normalized spacial score (nSPS) is 11.5. The van der Waals surface area contributed by atoms with E-state index in [0.29, 0.717) is 22.2 Å². The SMILES string of the molecule is CC(C)(CN)NC(=O)c1cnc(-c2ccco2)s1. The zero-order valence-corrected chi connectivity index (χ0v) is 11.1. The molecule has 0 aliphatic carbocycles. The van der Waals surface area contributed by atoms with Crippen molar-refractivity contribution < 1.29 is 9.21 Å².